The number of hydrogen-bond donors (Lipinski definition) is 1. The van der Waals surface area contributed by atoms with Crippen molar-refractivity contribution >= 4 is 28.4 Å². The van der Waals surface area contributed by atoms with E-state index in [0.717, 1.165) is 16.5 Å². The number of aromatic nitrogens is 2. The molecule has 2 aromatic heterocycles. The maximum Gasteiger partial charge on any atom is 0.268 e. The van der Waals surface area contributed by atoms with Crippen LogP contribution in [-0.4, -0.2) is 15.5 Å². The number of fused-ring (bicyclic) bond motifs is 1. The van der Waals surface area contributed by atoms with E-state index in [1.807, 2.05) is 54.9 Å². The van der Waals surface area contributed by atoms with Crippen molar-refractivity contribution < 1.29 is 4.79 Å². The minimum Gasteiger partial charge on any atom is -0.344 e. The molecular weight excluding hydrogens is 298 g/mol. The van der Waals surface area contributed by atoms with Gasteiger partial charge in [0.2, 0.25) is 0 Å². The number of amides is 1. The summed E-state index contributed by atoms with van der Waals surface area (Å²) >= 11 is 6.02. The fourth-order valence-electron chi connectivity index (χ4n) is 2.51. The Labute approximate surface area is 133 Å². The molecule has 4 nitrogen and oxygen atoms in total. The molecule has 1 atom stereocenters. The van der Waals surface area contributed by atoms with E-state index in [9.17, 15) is 4.79 Å². The van der Waals surface area contributed by atoms with E-state index >= 15 is 0 Å². The smallest absolute Gasteiger partial charge is 0.268 e. The van der Waals surface area contributed by atoms with E-state index in [2.05, 4.69) is 10.3 Å². The lowest BCUT2D eigenvalue weighted by atomic mass is 10.1. The lowest BCUT2D eigenvalue weighted by Gasteiger charge is -2.14. The third kappa shape index (κ3) is 2.70. The molecule has 2 heterocycles. The molecule has 0 radical (unpaired) electrons. The first-order valence-corrected chi connectivity index (χ1v) is 7.40. The van der Waals surface area contributed by atoms with Crippen molar-refractivity contribution in [3.05, 3.63) is 65.1 Å². The molecule has 5 heteroatoms. The molecule has 22 heavy (non-hydrogen) atoms. The van der Waals surface area contributed by atoms with E-state index in [1.165, 1.54) is 0 Å². The summed E-state index contributed by atoms with van der Waals surface area (Å²) in [7, 11) is 1.86. The van der Waals surface area contributed by atoms with Crippen molar-refractivity contribution in [1.29, 1.82) is 0 Å². The number of hydrogen-bond acceptors (Lipinski definition) is 2. The first kappa shape index (κ1) is 14.6. The molecule has 0 spiro atoms. The maximum atomic E-state index is 12.5. The number of rotatable bonds is 3. The van der Waals surface area contributed by atoms with Gasteiger partial charge in [0, 0.05) is 35.4 Å². The highest BCUT2D eigenvalue weighted by atomic mass is 35.5. The fourth-order valence-corrected chi connectivity index (χ4v) is 2.67. The molecule has 0 aliphatic carbocycles. The first-order chi connectivity index (χ1) is 10.6. The Morgan fingerprint density at radius 2 is 2.14 bits per heavy atom. The monoisotopic (exact) mass is 313 g/mol. The molecule has 0 aliphatic rings. The van der Waals surface area contributed by atoms with Crippen LogP contribution in [0.5, 0.6) is 0 Å². The van der Waals surface area contributed by atoms with Crippen molar-refractivity contribution in [1.82, 2.24) is 14.9 Å². The van der Waals surface area contributed by atoms with Gasteiger partial charge in [-0.15, -0.1) is 0 Å². The van der Waals surface area contributed by atoms with Crippen LogP contribution in [-0.2, 0) is 7.05 Å². The normalized spacial score (nSPS) is 12.3. The second-order valence-electron chi connectivity index (χ2n) is 5.27. The summed E-state index contributed by atoms with van der Waals surface area (Å²) in [6.45, 7) is 1.94. The summed E-state index contributed by atoms with van der Waals surface area (Å²) in [6, 6.07) is 11.2. The van der Waals surface area contributed by atoms with Gasteiger partial charge in [-0.2, -0.15) is 0 Å². The second kappa shape index (κ2) is 5.81. The highest BCUT2D eigenvalue weighted by molar-refractivity contribution is 6.31. The van der Waals surface area contributed by atoms with Crippen LogP contribution in [0.4, 0.5) is 0 Å². The van der Waals surface area contributed by atoms with E-state index in [0.29, 0.717) is 10.7 Å². The van der Waals surface area contributed by atoms with Crippen LogP contribution in [0.15, 0.2) is 48.8 Å². The molecule has 0 saturated heterocycles. The largest absolute Gasteiger partial charge is 0.344 e. The lowest BCUT2D eigenvalue weighted by Crippen LogP contribution is -2.28. The first-order valence-electron chi connectivity index (χ1n) is 7.02. The summed E-state index contributed by atoms with van der Waals surface area (Å²) < 4.78 is 1.85. The molecule has 1 amide bonds. The predicted molar refractivity (Wildman–Crippen MR) is 88.0 cm³/mol. The molecule has 112 valence electrons. The number of halogens is 1. The molecule has 1 aromatic carbocycles. The van der Waals surface area contributed by atoms with Gasteiger partial charge in [0.1, 0.15) is 5.69 Å². The zero-order valence-corrected chi connectivity index (χ0v) is 13.1. The van der Waals surface area contributed by atoms with E-state index in [-0.39, 0.29) is 11.9 Å². The van der Waals surface area contributed by atoms with Gasteiger partial charge in [-0.05, 0) is 36.8 Å². The number of aryl methyl sites for hydroxylation is 1. The van der Waals surface area contributed by atoms with Crippen LogP contribution in [0.2, 0.25) is 5.02 Å². The summed E-state index contributed by atoms with van der Waals surface area (Å²) in [5.41, 5.74) is 2.51. The van der Waals surface area contributed by atoms with Crippen molar-refractivity contribution in [2.75, 3.05) is 0 Å². The third-order valence-electron chi connectivity index (χ3n) is 3.77. The van der Waals surface area contributed by atoms with E-state index in [4.69, 9.17) is 11.6 Å². The molecule has 0 fully saturated rings. The van der Waals surface area contributed by atoms with Gasteiger partial charge in [-0.25, -0.2) is 0 Å². The van der Waals surface area contributed by atoms with Crippen LogP contribution >= 0.6 is 11.6 Å². The van der Waals surface area contributed by atoms with Gasteiger partial charge < -0.3 is 9.88 Å². The van der Waals surface area contributed by atoms with Gasteiger partial charge in [0.15, 0.2) is 0 Å². The second-order valence-corrected chi connectivity index (χ2v) is 5.71. The van der Waals surface area contributed by atoms with Crippen molar-refractivity contribution in [2.24, 2.45) is 7.05 Å². The fraction of sp³-hybridized carbons (Fsp3) is 0.176. The zero-order valence-electron chi connectivity index (χ0n) is 12.4. The minimum atomic E-state index is -0.119. The quantitative estimate of drug-likeness (QED) is 0.801. The van der Waals surface area contributed by atoms with Gasteiger partial charge in [-0.3, -0.25) is 9.78 Å². The average molecular weight is 314 g/mol. The Balaban J connectivity index is 1.88. The van der Waals surface area contributed by atoms with Crippen LogP contribution in [0.1, 0.15) is 29.0 Å². The maximum absolute atomic E-state index is 12.5. The van der Waals surface area contributed by atoms with Crippen LogP contribution < -0.4 is 5.32 Å². The zero-order chi connectivity index (χ0) is 15.7. The molecule has 0 saturated carbocycles. The van der Waals surface area contributed by atoms with Crippen molar-refractivity contribution in [3.63, 3.8) is 0 Å². The number of nitrogens with one attached hydrogen (secondary N) is 1. The third-order valence-corrected chi connectivity index (χ3v) is 4.01. The van der Waals surface area contributed by atoms with Crippen LogP contribution in [0.25, 0.3) is 10.9 Å². The summed E-state index contributed by atoms with van der Waals surface area (Å²) in [5, 5.41) is 4.64. The number of nitrogens with zero attached hydrogens (tertiary/aromatic N) is 2. The Morgan fingerprint density at radius 1 is 1.32 bits per heavy atom. The predicted octanol–water partition coefficient (Wildman–Crippen LogP) is 3.72. The highest BCUT2D eigenvalue weighted by Crippen LogP contribution is 2.23. The summed E-state index contributed by atoms with van der Waals surface area (Å²) in [4.78, 5) is 16.6. The standard InChI is InChI=1S/C17H16ClN3O/c1-11(13-4-3-7-19-10-13)20-17(22)16-8-12-5-6-14(18)9-15(12)21(16)2/h3-11H,1-2H3,(H,20,22)/t11-/m1/s1. The van der Waals surface area contributed by atoms with Gasteiger partial charge in [0.05, 0.1) is 6.04 Å². The van der Waals surface area contributed by atoms with E-state index < -0.39 is 0 Å². The topological polar surface area (TPSA) is 46.9 Å². The van der Waals surface area contributed by atoms with E-state index in [1.54, 1.807) is 12.4 Å². The van der Waals surface area contributed by atoms with Crippen molar-refractivity contribution in [3.8, 4) is 0 Å². The molecule has 3 rings (SSSR count). The summed E-state index contributed by atoms with van der Waals surface area (Å²) in [6.07, 6.45) is 3.47. The Morgan fingerprint density at radius 3 is 2.86 bits per heavy atom. The minimum absolute atomic E-state index is 0.109. The van der Waals surface area contributed by atoms with Gasteiger partial charge >= 0.3 is 0 Å². The SMILES string of the molecule is C[C@@H](NC(=O)c1cc2ccc(Cl)cc2n1C)c1cccnc1. The molecular formula is C17H16ClN3O. The average Bonchev–Trinajstić information content (AvgIpc) is 2.85. The molecule has 1 N–H and O–H groups in total. The Kier molecular flexibility index (Phi) is 3.86. The van der Waals surface area contributed by atoms with Crippen molar-refractivity contribution in [2.45, 2.75) is 13.0 Å². The highest BCUT2D eigenvalue weighted by Gasteiger charge is 2.16. The van der Waals surface area contributed by atoms with Crippen LogP contribution in [0.3, 0.4) is 0 Å². The van der Waals surface area contributed by atoms with Gasteiger partial charge in [-0.1, -0.05) is 23.7 Å². The molecule has 0 bridgehead atoms. The number of carbonyl (C=O) groups excluding carboxylic acids is 1. The summed E-state index contributed by atoms with van der Waals surface area (Å²) in [5.74, 6) is -0.119. The number of pyridine rings is 1. The Hall–Kier alpha value is -2.33. The molecule has 0 unspecified atom stereocenters. The number of benzene rings is 1. The Bertz CT molecular complexity index is 827. The van der Waals surface area contributed by atoms with Gasteiger partial charge in [0.25, 0.3) is 5.91 Å². The van der Waals surface area contributed by atoms with Crippen LogP contribution in [0, 0.1) is 0 Å². The lowest BCUT2D eigenvalue weighted by molar-refractivity contribution is 0.0932. The molecule has 3 aromatic rings. The molecule has 0 aliphatic heterocycles. The number of carbonyl (C=O) groups is 1.